The molecule has 1 aliphatic heterocycles. The standard InChI is InChI=1S/C29H26F4N6O5S/c1-34-28-36-8-6-24(38-28)21-3-2-7-35-26(21)44-20-4-5-23(30)22(16-20)25(40)37-19-14-17(13-18(15-19)29(31,32)33)27(41)39-9-11-45(42,43)12-10-39/h2-8,13-16,42-43H,9-12H2,1H3,(H,37,40)(H,34,36,38). The van der Waals surface area contributed by atoms with Gasteiger partial charge in [0.05, 0.1) is 33.9 Å². The summed E-state index contributed by atoms with van der Waals surface area (Å²) in [7, 11) is -1.20. The third kappa shape index (κ3) is 7.47. The molecule has 11 nitrogen and oxygen atoms in total. The van der Waals surface area contributed by atoms with Crippen molar-refractivity contribution in [2.45, 2.75) is 6.18 Å². The summed E-state index contributed by atoms with van der Waals surface area (Å²) in [6, 6.07) is 10.5. The van der Waals surface area contributed by atoms with Crippen LogP contribution in [-0.2, 0) is 6.18 Å². The summed E-state index contributed by atoms with van der Waals surface area (Å²) in [6.07, 6.45) is -1.89. The summed E-state index contributed by atoms with van der Waals surface area (Å²) >= 11 is 0. The van der Waals surface area contributed by atoms with Gasteiger partial charge in [0.25, 0.3) is 11.8 Å². The van der Waals surface area contributed by atoms with E-state index in [0.717, 1.165) is 18.2 Å². The molecule has 1 aliphatic rings. The summed E-state index contributed by atoms with van der Waals surface area (Å²) in [4.78, 5) is 40.0. The van der Waals surface area contributed by atoms with E-state index in [1.54, 1.807) is 25.2 Å². The van der Waals surface area contributed by atoms with Crippen LogP contribution >= 0.6 is 10.6 Å². The van der Waals surface area contributed by atoms with Crippen molar-refractivity contribution >= 4 is 34.0 Å². The van der Waals surface area contributed by atoms with Gasteiger partial charge in [0.15, 0.2) is 0 Å². The summed E-state index contributed by atoms with van der Waals surface area (Å²) in [5.41, 5.74) is -1.62. The second-order valence-corrected chi connectivity index (χ2v) is 12.3. The SMILES string of the molecule is CNc1nccc(-c2cccnc2Oc2ccc(F)c(C(=O)Nc3cc(C(=O)N4CCS(O)(O)CC4)cc(C(F)(F)F)c3)c2)n1. The van der Waals surface area contributed by atoms with E-state index in [1.165, 1.54) is 23.4 Å². The molecule has 0 unspecified atom stereocenters. The number of hydrogen-bond acceptors (Lipinski definition) is 9. The van der Waals surface area contributed by atoms with Gasteiger partial charge in [-0.25, -0.2) is 19.3 Å². The Balaban J connectivity index is 1.40. The highest BCUT2D eigenvalue weighted by atomic mass is 32.3. The fraction of sp³-hybridized carbons (Fsp3) is 0.207. The Morgan fingerprint density at radius 1 is 1.00 bits per heavy atom. The molecule has 0 saturated carbocycles. The number of nitrogens with zero attached hydrogens (tertiary/aromatic N) is 4. The molecule has 2 amide bonds. The lowest BCUT2D eigenvalue weighted by atomic mass is 10.1. The Morgan fingerprint density at radius 2 is 1.76 bits per heavy atom. The molecule has 0 bridgehead atoms. The largest absolute Gasteiger partial charge is 0.438 e. The van der Waals surface area contributed by atoms with Gasteiger partial charge in [-0.2, -0.15) is 23.8 Å². The first kappa shape index (κ1) is 31.6. The van der Waals surface area contributed by atoms with Crippen LogP contribution in [0.1, 0.15) is 26.3 Å². The van der Waals surface area contributed by atoms with Crippen molar-refractivity contribution < 1.29 is 41.0 Å². The molecule has 2 aromatic carbocycles. The minimum absolute atomic E-state index is 0.000348. The van der Waals surface area contributed by atoms with Gasteiger partial charge >= 0.3 is 6.18 Å². The normalized spacial score (nSPS) is 15.2. The van der Waals surface area contributed by atoms with E-state index >= 15 is 0 Å². The van der Waals surface area contributed by atoms with E-state index in [1.807, 2.05) is 0 Å². The molecule has 0 aliphatic carbocycles. The molecule has 3 heterocycles. The second kappa shape index (κ2) is 12.7. The van der Waals surface area contributed by atoms with Crippen LogP contribution in [0.2, 0.25) is 0 Å². The summed E-state index contributed by atoms with van der Waals surface area (Å²) in [5, 5.41) is 5.07. The quantitative estimate of drug-likeness (QED) is 0.178. The molecule has 45 heavy (non-hydrogen) atoms. The molecule has 0 radical (unpaired) electrons. The zero-order valence-corrected chi connectivity index (χ0v) is 24.3. The summed E-state index contributed by atoms with van der Waals surface area (Å²) in [5.74, 6) is -2.65. The lowest BCUT2D eigenvalue weighted by Crippen LogP contribution is -2.42. The first-order valence-electron chi connectivity index (χ1n) is 13.3. The molecule has 4 N–H and O–H groups in total. The van der Waals surface area contributed by atoms with Crippen molar-refractivity contribution in [3.05, 3.63) is 89.5 Å². The smallest absolute Gasteiger partial charge is 0.416 e. The molecule has 0 spiro atoms. The fourth-order valence-electron chi connectivity index (χ4n) is 4.45. The average molecular weight is 647 g/mol. The zero-order chi connectivity index (χ0) is 32.4. The topological polar surface area (TPSA) is 150 Å². The number of benzene rings is 2. The molecule has 1 saturated heterocycles. The van der Waals surface area contributed by atoms with Crippen molar-refractivity contribution in [2.24, 2.45) is 0 Å². The Bertz CT molecular complexity index is 1750. The number of amides is 2. The molecular formula is C29H26F4N6O5S. The number of carbonyl (C=O) groups excluding carboxylic acids is 2. The molecule has 236 valence electrons. The molecule has 2 aromatic heterocycles. The highest BCUT2D eigenvalue weighted by molar-refractivity contribution is 8.24. The zero-order valence-electron chi connectivity index (χ0n) is 23.5. The fourth-order valence-corrected chi connectivity index (χ4v) is 5.68. The van der Waals surface area contributed by atoms with Gasteiger partial charge in [0.1, 0.15) is 11.6 Å². The second-order valence-electron chi connectivity index (χ2n) is 9.87. The lowest BCUT2D eigenvalue weighted by molar-refractivity contribution is -0.137. The van der Waals surface area contributed by atoms with E-state index in [-0.39, 0.29) is 41.8 Å². The number of pyridine rings is 1. The number of hydrogen-bond donors (Lipinski definition) is 4. The van der Waals surface area contributed by atoms with Crippen LogP contribution in [0.25, 0.3) is 11.3 Å². The first-order valence-corrected chi connectivity index (χ1v) is 15.2. The maximum absolute atomic E-state index is 14.8. The third-order valence-electron chi connectivity index (χ3n) is 6.75. The Hall–Kier alpha value is -4.80. The van der Waals surface area contributed by atoms with Gasteiger partial charge < -0.3 is 20.3 Å². The number of carbonyl (C=O) groups is 2. The van der Waals surface area contributed by atoms with Crippen molar-refractivity contribution in [2.75, 3.05) is 42.3 Å². The minimum atomic E-state index is -4.87. The molecule has 4 aromatic rings. The number of alkyl halides is 3. The molecular weight excluding hydrogens is 620 g/mol. The summed E-state index contributed by atoms with van der Waals surface area (Å²) < 4.78 is 81.5. The Labute approximate surface area is 255 Å². The molecule has 1 fully saturated rings. The average Bonchev–Trinajstić information content (AvgIpc) is 3.01. The minimum Gasteiger partial charge on any atom is -0.438 e. The Morgan fingerprint density at radius 3 is 2.47 bits per heavy atom. The number of rotatable bonds is 7. The van der Waals surface area contributed by atoms with E-state index in [0.29, 0.717) is 29.3 Å². The van der Waals surface area contributed by atoms with Gasteiger partial charge in [-0.05, 0) is 54.6 Å². The maximum Gasteiger partial charge on any atom is 0.416 e. The van der Waals surface area contributed by atoms with Crippen LogP contribution in [0.4, 0.5) is 29.2 Å². The number of aromatic nitrogens is 3. The van der Waals surface area contributed by atoms with Gasteiger partial charge in [0.2, 0.25) is 11.8 Å². The van der Waals surface area contributed by atoms with E-state index in [2.05, 4.69) is 25.6 Å². The first-order chi connectivity index (χ1) is 21.3. The van der Waals surface area contributed by atoms with Gasteiger partial charge in [0, 0.05) is 43.8 Å². The van der Waals surface area contributed by atoms with E-state index < -0.39 is 51.2 Å². The number of ether oxygens (including phenoxy) is 1. The molecule has 5 rings (SSSR count). The highest BCUT2D eigenvalue weighted by Gasteiger charge is 2.33. The maximum atomic E-state index is 14.8. The van der Waals surface area contributed by atoms with Crippen LogP contribution in [0.15, 0.2) is 67.0 Å². The van der Waals surface area contributed by atoms with Crippen molar-refractivity contribution in [3.8, 4) is 22.9 Å². The van der Waals surface area contributed by atoms with Gasteiger partial charge in [-0.3, -0.25) is 18.7 Å². The monoisotopic (exact) mass is 646 g/mol. The lowest BCUT2D eigenvalue weighted by Gasteiger charge is -2.41. The molecule has 0 atom stereocenters. The van der Waals surface area contributed by atoms with Crippen LogP contribution in [0.3, 0.4) is 0 Å². The van der Waals surface area contributed by atoms with Crippen LogP contribution in [0.5, 0.6) is 11.6 Å². The number of halogens is 4. The van der Waals surface area contributed by atoms with E-state index in [4.69, 9.17) is 4.74 Å². The number of anilines is 2. The van der Waals surface area contributed by atoms with Gasteiger partial charge in [-0.15, -0.1) is 0 Å². The van der Waals surface area contributed by atoms with Crippen molar-refractivity contribution in [3.63, 3.8) is 0 Å². The Kier molecular flexibility index (Phi) is 8.90. The predicted molar refractivity (Wildman–Crippen MR) is 159 cm³/mol. The highest BCUT2D eigenvalue weighted by Crippen LogP contribution is 2.41. The van der Waals surface area contributed by atoms with Crippen LogP contribution in [-0.4, -0.2) is 72.4 Å². The molecule has 16 heteroatoms. The van der Waals surface area contributed by atoms with Crippen LogP contribution in [0, 0.1) is 5.82 Å². The summed E-state index contributed by atoms with van der Waals surface area (Å²) in [6.45, 7) is -0.133. The van der Waals surface area contributed by atoms with E-state index in [9.17, 15) is 36.3 Å². The van der Waals surface area contributed by atoms with Crippen molar-refractivity contribution in [1.82, 2.24) is 19.9 Å². The number of nitrogens with one attached hydrogen (secondary N) is 2. The van der Waals surface area contributed by atoms with Crippen LogP contribution < -0.4 is 15.4 Å². The third-order valence-corrected chi connectivity index (χ3v) is 8.42. The van der Waals surface area contributed by atoms with Crippen molar-refractivity contribution in [1.29, 1.82) is 0 Å². The predicted octanol–water partition coefficient (Wildman–Crippen LogP) is 5.99. The van der Waals surface area contributed by atoms with Gasteiger partial charge in [-0.1, -0.05) is 0 Å².